The number of likely N-dealkylation sites (tertiary alicyclic amines) is 1. The van der Waals surface area contributed by atoms with Gasteiger partial charge in [-0.3, -0.25) is 19.5 Å². The van der Waals surface area contributed by atoms with Gasteiger partial charge in [0.05, 0.1) is 11.7 Å². The van der Waals surface area contributed by atoms with Gasteiger partial charge >= 0.3 is 6.09 Å². The predicted molar refractivity (Wildman–Crippen MR) is 146 cm³/mol. The molecule has 5 atom stereocenters. The SMILES string of the molecule is CC(=O)N1c2ccccc2[C@H](Nc2ccccc2)[C@@H](C)[C@@]1(C)N1CC2CCC(C1)N2C(=O)OC(C)(C)C. The predicted octanol–water partition coefficient (Wildman–Crippen LogP) is 5.64. The molecule has 2 saturated heterocycles. The fourth-order valence-corrected chi connectivity index (χ4v) is 6.71. The van der Waals surface area contributed by atoms with Crippen molar-refractivity contribution in [2.45, 2.75) is 83.8 Å². The summed E-state index contributed by atoms with van der Waals surface area (Å²) in [6.45, 7) is 13.3. The zero-order chi connectivity index (χ0) is 26.5. The average molecular weight is 505 g/mol. The van der Waals surface area contributed by atoms with Gasteiger partial charge in [-0.05, 0) is 64.3 Å². The topological polar surface area (TPSA) is 65.1 Å². The average Bonchev–Trinajstić information content (AvgIpc) is 3.11. The maximum atomic E-state index is 13.3. The van der Waals surface area contributed by atoms with Crippen LogP contribution in [0.15, 0.2) is 54.6 Å². The monoisotopic (exact) mass is 504 g/mol. The van der Waals surface area contributed by atoms with Crippen molar-refractivity contribution >= 4 is 23.4 Å². The van der Waals surface area contributed by atoms with Gasteiger partial charge in [-0.2, -0.15) is 0 Å². The summed E-state index contributed by atoms with van der Waals surface area (Å²) in [4.78, 5) is 32.9. The second kappa shape index (κ2) is 9.35. The van der Waals surface area contributed by atoms with Crippen molar-refractivity contribution in [2.24, 2.45) is 5.92 Å². The minimum Gasteiger partial charge on any atom is -0.444 e. The van der Waals surface area contributed by atoms with E-state index in [1.165, 1.54) is 0 Å². The lowest BCUT2D eigenvalue weighted by Gasteiger charge is -2.59. The first-order valence-corrected chi connectivity index (χ1v) is 13.5. The van der Waals surface area contributed by atoms with E-state index in [9.17, 15) is 9.59 Å². The van der Waals surface area contributed by atoms with Gasteiger partial charge in [-0.1, -0.05) is 43.3 Å². The van der Waals surface area contributed by atoms with Gasteiger partial charge in [0.2, 0.25) is 5.91 Å². The second-order valence-corrected chi connectivity index (χ2v) is 12.0. The molecule has 0 saturated carbocycles. The molecule has 2 unspecified atom stereocenters. The number of ether oxygens (including phenoxy) is 1. The van der Waals surface area contributed by atoms with Crippen molar-refractivity contribution in [2.75, 3.05) is 23.3 Å². The van der Waals surface area contributed by atoms with E-state index < -0.39 is 11.3 Å². The van der Waals surface area contributed by atoms with Crippen LogP contribution in [0.4, 0.5) is 16.2 Å². The number of nitrogens with one attached hydrogen (secondary N) is 1. The van der Waals surface area contributed by atoms with E-state index in [1.54, 1.807) is 6.92 Å². The Kier molecular flexibility index (Phi) is 6.47. The molecule has 0 spiro atoms. The lowest BCUT2D eigenvalue weighted by molar-refractivity contribution is -0.122. The Balaban J connectivity index is 1.51. The van der Waals surface area contributed by atoms with Crippen molar-refractivity contribution in [3.05, 3.63) is 60.2 Å². The molecule has 0 aromatic heterocycles. The van der Waals surface area contributed by atoms with Crippen molar-refractivity contribution in [1.29, 1.82) is 0 Å². The van der Waals surface area contributed by atoms with Crippen molar-refractivity contribution in [1.82, 2.24) is 9.80 Å². The lowest BCUT2D eigenvalue weighted by atomic mass is 9.76. The van der Waals surface area contributed by atoms with E-state index in [0.29, 0.717) is 13.1 Å². The first-order valence-electron chi connectivity index (χ1n) is 13.5. The summed E-state index contributed by atoms with van der Waals surface area (Å²) in [6.07, 6.45) is 1.68. The number of anilines is 2. The zero-order valence-electron chi connectivity index (χ0n) is 22.9. The molecule has 3 aliphatic heterocycles. The van der Waals surface area contributed by atoms with Crippen LogP contribution in [0.1, 0.15) is 66.0 Å². The van der Waals surface area contributed by atoms with Crippen molar-refractivity contribution < 1.29 is 14.3 Å². The van der Waals surface area contributed by atoms with E-state index in [-0.39, 0.29) is 36.0 Å². The molecule has 0 aliphatic carbocycles. The number of benzene rings is 2. The van der Waals surface area contributed by atoms with Gasteiger partial charge in [0.1, 0.15) is 11.3 Å². The van der Waals surface area contributed by atoms with E-state index in [4.69, 9.17) is 4.74 Å². The summed E-state index contributed by atoms with van der Waals surface area (Å²) < 4.78 is 5.77. The molecule has 3 aliphatic rings. The molecule has 5 rings (SSSR count). The Bertz CT molecular complexity index is 1150. The highest BCUT2D eigenvalue weighted by atomic mass is 16.6. The molecule has 2 amide bonds. The zero-order valence-corrected chi connectivity index (χ0v) is 22.9. The summed E-state index contributed by atoms with van der Waals surface area (Å²) in [5.74, 6) is 0.0980. The second-order valence-electron chi connectivity index (χ2n) is 12.0. The Labute approximate surface area is 220 Å². The van der Waals surface area contributed by atoms with Crippen LogP contribution in [0.25, 0.3) is 0 Å². The Morgan fingerprint density at radius 2 is 1.57 bits per heavy atom. The van der Waals surface area contributed by atoms with E-state index in [2.05, 4.69) is 48.3 Å². The van der Waals surface area contributed by atoms with Crippen LogP contribution in [0, 0.1) is 5.92 Å². The van der Waals surface area contributed by atoms with Crippen LogP contribution >= 0.6 is 0 Å². The number of carbonyl (C=O) groups is 2. The minimum atomic E-state index is -0.576. The molecule has 0 radical (unpaired) electrons. The highest BCUT2D eigenvalue weighted by Crippen LogP contribution is 2.50. The number of carbonyl (C=O) groups excluding carboxylic acids is 2. The van der Waals surface area contributed by atoms with Crippen LogP contribution in [-0.4, -0.2) is 58.2 Å². The molecule has 1 N–H and O–H groups in total. The summed E-state index contributed by atoms with van der Waals surface area (Å²) in [5, 5.41) is 3.78. The highest BCUT2D eigenvalue weighted by Gasteiger charge is 2.56. The number of fused-ring (bicyclic) bond motifs is 3. The molecule has 198 valence electrons. The number of para-hydroxylation sites is 2. The third-order valence-corrected chi connectivity index (χ3v) is 8.47. The number of nitrogens with zero attached hydrogens (tertiary/aromatic N) is 3. The Morgan fingerprint density at radius 3 is 2.16 bits per heavy atom. The number of amides is 2. The quantitative estimate of drug-likeness (QED) is 0.586. The van der Waals surface area contributed by atoms with Gasteiger partial charge in [0.15, 0.2) is 0 Å². The third-order valence-electron chi connectivity index (χ3n) is 8.47. The van der Waals surface area contributed by atoms with Crippen LogP contribution < -0.4 is 10.2 Å². The minimum absolute atomic E-state index is 0.0146. The molecule has 2 aromatic carbocycles. The summed E-state index contributed by atoms with van der Waals surface area (Å²) in [5.41, 5.74) is 2.03. The molecule has 37 heavy (non-hydrogen) atoms. The van der Waals surface area contributed by atoms with E-state index >= 15 is 0 Å². The maximum Gasteiger partial charge on any atom is 0.410 e. The molecular weight excluding hydrogens is 464 g/mol. The van der Waals surface area contributed by atoms with Crippen LogP contribution in [0.2, 0.25) is 0 Å². The Hall–Kier alpha value is -3.06. The standard InChI is InChI=1S/C30H40N4O3/c1-20-27(31-22-12-8-7-9-13-22)25-14-10-11-15-26(25)34(21(2)35)30(20,6)32-18-23-16-17-24(19-32)33(23)28(36)37-29(3,4)5/h7-15,20,23-24,27,31H,16-19H2,1-6H3/t20-,23?,24?,27-,30+/m1/s1. The van der Waals surface area contributed by atoms with Gasteiger partial charge < -0.3 is 10.1 Å². The highest BCUT2D eigenvalue weighted by molar-refractivity contribution is 5.95. The largest absolute Gasteiger partial charge is 0.444 e. The van der Waals surface area contributed by atoms with Gasteiger partial charge in [0, 0.05) is 43.7 Å². The summed E-state index contributed by atoms with van der Waals surface area (Å²) in [6, 6.07) is 18.7. The van der Waals surface area contributed by atoms with E-state index in [0.717, 1.165) is 29.8 Å². The number of rotatable bonds is 3. The van der Waals surface area contributed by atoms with Gasteiger partial charge in [-0.15, -0.1) is 0 Å². The first-order chi connectivity index (χ1) is 17.5. The molecule has 7 heteroatoms. The van der Waals surface area contributed by atoms with E-state index in [1.807, 2.05) is 60.9 Å². The number of piperazine rings is 1. The Morgan fingerprint density at radius 1 is 0.973 bits per heavy atom. The molecule has 7 nitrogen and oxygen atoms in total. The van der Waals surface area contributed by atoms with Gasteiger partial charge in [-0.25, -0.2) is 4.79 Å². The summed E-state index contributed by atoms with van der Waals surface area (Å²) >= 11 is 0. The molecule has 2 aromatic rings. The van der Waals surface area contributed by atoms with Crippen LogP contribution in [-0.2, 0) is 9.53 Å². The molecular formula is C30H40N4O3. The first kappa shape index (κ1) is 25.6. The maximum absolute atomic E-state index is 13.3. The van der Waals surface area contributed by atoms with Crippen LogP contribution in [0.3, 0.4) is 0 Å². The summed E-state index contributed by atoms with van der Waals surface area (Å²) in [7, 11) is 0. The van der Waals surface area contributed by atoms with Gasteiger partial charge in [0.25, 0.3) is 0 Å². The smallest absolute Gasteiger partial charge is 0.410 e. The number of hydrogen-bond acceptors (Lipinski definition) is 5. The number of hydrogen-bond donors (Lipinski definition) is 1. The fourth-order valence-electron chi connectivity index (χ4n) is 6.71. The molecule has 2 fully saturated rings. The lowest BCUT2D eigenvalue weighted by Crippen LogP contribution is -2.72. The fraction of sp³-hybridized carbons (Fsp3) is 0.533. The molecule has 2 bridgehead atoms. The van der Waals surface area contributed by atoms with Crippen molar-refractivity contribution in [3.8, 4) is 0 Å². The third kappa shape index (κ3) is 4.48. The van der Waals surface area contributed by atoms with Crippen LogP contribution in [0.5, 0.6) is 0 Å². The normalized spacial score (nSPS) is 29.6. The van der Waals surface area contributed by atoms with Crippen molar-refractivity contribution in [3.63, 3.8) is 0 Å². The molecule has 3 heterocycles.